The Morgan fingerprint density at radius 1 is 1.18 bits per heavy atom. The van der Waals surface area contributed by atoms with E-state index in [2.05, 4.69) is 20.0 Å². The van der Waals surface area contributed by atoms with Crippen LogP contribution in [0.1, 0.15) is 6.92 Å². The first-order chi connectivity index (χ1) is 10.4. The lowest BCUT2D eigenvalue weighted by Gasteiger charge is -2.09. The van der Waals surface area contributed by atoms with E-state index in [0.717, 1.165) is 0 Å². The number of hydrogen-bond acceptors (Lipinski definition) is 5. The van der Waals surface area contributed by atoms with Gasteiger partial charge in [-0.1, -0.05) is 0 Å². The third-order valence-corrected chi connectivity index (χ3v) is 4.13. The van der Waals surface area contributed by atoms with Crippen molar-refractivity contribution in [3.05, 3.63) is 42.7 Å². The lowest BCUT2D eigenvalue weighted by atomic mass is 10.3. The number of anilines is 2. The first-order valence-electron chi connectivity index (χ1n) is 6.23. The smallest absolute Gasteiger partial charge is 0.264 e. The zero-order chi connectivity index (χ0) is 16.2. The van der Waals surface area contributed by atoms with E-state index >= 15 is 0 Å². The van der Waals surface area contributed by atoms with Gasteiger partial charge in [-0.05, 0) is 37.3 Å². The third-order valence-electron chi connectivity index (χ3n) is 2.58. The number of nitrogens with zero attached hydrogens (tertiary/aromatic N) is 2. The van der Waals surface area contributed by atoms with Crippen LogP contribution in [0.2, 0.25) is 0 Å². The molecule has 1 atom stereocenters. The van der Waals surface area contributed by atoms with Crippen molar-refractivity contribution in [1.82, 2.24) is 9.97 Å². The van der Waals surface area contributed by atoms with Crippen LogP contribution in [0, 0.1) is 0 Å². The number of nitrogens with one attached hydrogen (secondary N) is 2. The molecule has 22 heavy (non-hydrogen) atoms. The number of halogens is 1. The molecule has 116 valence electrons. The van der Waals surface area contributed by atoms with Gasteiger partial charge in [-0.2, -0.15) is 0 Å². The van der Waals surface area contributed by atoms with E-state index in [4.69, 9.17) is 11.6 Å². The van der Waals surface area contributed by atoms with Gasteiger partial charge >= 0.3 is 0 Å². The molecule has 0 radical (unpaired) electrons. The normalized spacial score (nSPS) is 12.5. The van der Waals surface area contributed by atoms with Crippen LogP contribution in [0.5, 0.6) is 0 Å². The highest BCUT2D eigenvalue weighted by Crippen LogP contribution is 2.16. The van der Waals surface area contributed by atoms with Crippen LogP contribution >= 0.6 is 11.6 Å². The van der Waals surface area contributed by atoms with Gasteiger partial charge < -0.3 is 5.32 Å². The van der Waals surface area contributed by atoms with Crippen LogP contribution in [-0.2, 0) is 14.8 Å². The van der Waals surface area contributed by atoms with Crippen molar-refractivity contribution in [2.75, 3.05) is 10.0 Å². The average molecular weight is 341 g/mol. The Bertz CT molecular complexity index is 749. The van der Waals surface area contributed by atoms with E-state index in [1.807, 2.05) is 0 Å². The topological polar surface area (TPSA) is 101 Å². The Balaban J connectivity index is 2.14. The lowest BCUT2D eigenvalue weighted by Crippen LogP contribution is -2.20. The number of hydrogen-bond donors (Lipinski definition) is 2. The maximum atomic E-state index is 12.1. The molecular formula is C13H13ClN4O3S. The molecule has 1 amide bonds. The second kappa shape index (κ2) is 6.71. The minimum Gasteiger partial charge on any atom is -0.325 e. The fourth-order valence-electron chi connectivity index (χ4n) is 1.49. The number of carbonyl (C=O) groups is 1. The third kappa shape index (κ3) is 4.15. The Morgan fingerprint density at radius 2 is 1.77 bits per heavy atom. The van der Waals surface area contributed by atoms with Crippen LogP contribution in [0.3, 0.4) is 0 Å². The van der Waals surface area contributed by atoms with Crippen LogP contribution in [-0.4, -0.2) is 29.7 Å². The Morgan fingerprint density at radius 3 is 2.32 bits per heavy atom. The number of sulfonamides is 1. The summed E-state index contributed by atoms with van der Waals surface area (Å²) in [6, 6.07) is 7.24. The second-order valence-electron chi connectivity index (χ2n) is 4.31. The summed E-state index contributed by atoms with van der Waals surface area (Å²) in [6.07, 6.45) is 2.85. The number of carbonyl (C=O) groups excluding carboxylic acids is 1. The minimum atomic E-state index is -3.79. The summed E-state index contributed by atoms with van der Waals surface area (Å²) in [6.45, 7) is 1.54. The molecule has 1 aromatic carbocycles. The maximum absolute atomic E-state index is 12.1. The number of rotatable bonds is 5. The Kier molecular flexibility index (Phi) is 4.94. The van der Waals surface area contributed by atoms with E-state index < -0.39 is 15.4 Å². The molecule has 0 unspecified atom stereocenters. The first kappa shape index (κ1) is 16.2. The number of alkyl halides is 1. The molecule has 0 aliphatic rings. The van der Waals surface area contributed by atoms with E-state index in [1.165, 1.54) is 36.7 Å². The van der Waals surface area contributed by atoms with Crippen molar-refractivity contribution in [2.45, 2.75) is 17.2 Å². The van der Waals surface area contributed by atoms with Gasteiger partial charge in [0.15, 0.2) is 0 Å². The number of aromatic nitrogens is 2. The first-order valence-corrected chi connectivity index (χ1v) is 8.15. The van der Waals surface area contributed by atoms with Gasteiger partial charge in [0, 0.05) is 18.1 Å². The molecule has 1 aromatic heterocycles. The van der Waals surface area contributed by atoms with Crippen molar-refractivity contribution in [1.29, 1.82) is 0 Å². The summed E-state index contributed by atoms with van der Waals surface area (Å²) in [4.78, 5) is 19.1. The largest absolute Gasteiger partial charge is 0.325 e. The summed E-state index contributed by atoms with van der Waals surface area (Å²) >= 11 is 5.64. The van der Waals surface area contributed by atoms with Crippen LogP contribution in [0.4, 0.5) is 11.6 Å². The Hall–Kier alpha value is -2.19. The standard InChI is InChI=1S/C13H13ClN4O3S/c1-9(14)12(19)17-10-3-5-11(6-4-10)22(20,21)18-13-15-7-2-8-16-13/h2-9H,1H3,(H,17,19)(H,15,16,18)/t9-/m1/s1. The van der Waals surface area contributed by atoms with E-state index in [-0.39, 0.29) is 16.8 Å². The van der Waals surface area contributed by atoms with Gasteiger partial charge in [-0.3, -0.25) is 4.79 Å². The summed E-state index contributed by atoms with van der Waals surface area (Å²) in [5, 5.41) is 1.88. The highest BCUT2D eigenvalue weighted by molar-refractivity contribution is 7.92. The highest BCUT2D eigenvalue weighted by Gasteiger charge is 2.16. The predicted octanol–water partition coefficient (Wildman–Crippen LogP) is 1.84. The van der Waals surface area contributed by atoms with Crippen molar-refractivity contribution in [3.63, 3.8) is 0 Å². The Labute approximate surface area is 132 Å². The molecule has 0 saturated carbocycles. The van der Waals surface area contributed by atoms with Gasteiger partial charge in [0.25, 0.3) is 10.0 Å². The van der Waals surface area contributed by atoms with Crippen molar-refractivity contribution < 1.29 is 13.2 Å². The molecular weight excluding hydrogens is 328 g/mol. The van der Waals surface area contributed by atoms with Gasteiger partial charge in [0.1, 0.15) is 5.38 Å². The highest BCUT2D eigenvalue weighted by atomic mass is 35.5. The molecule has 0 saturated heterocycles. The van der Waals surface area contributed by atoms with Crippen molar-refractivity contribution >= 4 is 39.2 Å². The molecule has 9 heteroatoms. The quantitative estimate of drug-likeness (QED) is 0.809. The molecule has 0 fully saturated rings. The summed E-state index contributed by atoms with van der Waals surface area (Å²) in [5.74, 6) is -0.385. The monoisotopic (exact) mass is 340 g/mol. The lowest BCUT2D eigenvalue weighted by molar-refractivity contribution is -0.115. The molecule has 7 nitrogen and oxygen atoms in total. The van der Waals surface area contributed by atoms with Crippen LogP contribution in [0.25, 0.3) is 0 Å². The van der Waals surface area contributed by atoms with Crippen LogP contribution in [0.15, 0.2) is 47.6 Å². The number of amides is 1. The molecule has 0 aliphatic carbocycles. The van der Waals surface area contributed by atoms with E-state index in [9.17, 15) is 13.2 Å². The van der Waals surface area contributed by atoms with Gasteiger partial charge in [-0.25, -0.2) is 23.1 Å². The minimum absolute atomic E-state index is 0.0177. The molecule has 2 N–H and O–H groups in total. The van der Waals surface area contributed by atoms with Crippen LogP contribution < -0.4 is 10.0 Å². The number of benzene rings is 1. The van der Waals surface area contributed by atoms with Gasteiger partial charge in [-0.15, -0.1) is 11.6 Å². The molecule has 0 aliphatic heterocycles. The van der Waals surface area contributed by atoms with Crippen molar-refractivity contribution in [2.24, 2.45) is 0 Å². The fraction of sp³-hybridized carbons (Fsp3) is 0.154. The SMILES string of the molecule is C[C@@H](Cl)C(=O)Nc1ccc(S(=O)(=O)Nc2ncccn2)cc1. The summed E-state index contributed by atoms with van der Waals surface area (Å²) in [7, 11) is -3.79. The second-order valence-corrected chi connectivity index (χ2v) is 6.64. The maximum Gasteiger partial charge on any atom is 0.264 e. The molecule has 0 spiro atoms. The molecule has 1 heterocycles. The van der Waals surface area contributed by atoms with Gasteiger partial charge in [0.05, 0.1) is 4.90 Å². The predicted molar refractivity (Wildman–Crippen MR) is 83.2 cm³/mol. The fourth-order valence-corrected chi connectivity index (χ4v) is 2.50. The van der Waals surface area contributed by atoms with Gasteiger partial charge in [0.2, 0.25) is 11.9 Å². The summed E-state index contributed by atoms with van der Waals surface area (Å²) in [5.41, 5.74) is 0.451. The molecule has 2 rings (SSSR count). The van der Waals surface area contributed by atoms with E-state index in [0.29, 0.717) is 5.69 Å². The zero-order valence-corrected chi connectivity index (χ0v) is 13.1. The summed E-state index contributed by atoms with van der Waals surface area (Å²) < 4.78 is 26.5. The average Bonchev–Trinajstić information content (AvgIpc) is 2.48. The van der Waals surface area contributed by atoms with E-state index in [1.54, 1.807) is 13.0 Å². The molecule has 2 aromatic rings. The van der Waals surface area contributed by atoms with Crippen molar-refractivity contribution in [3.8, 4) is 0 Å². The zero-order valence-electron chi connectivity index (χ0n) is 11.5. The molecule has 0 bridgehead atoms.